The molecule has 6 aliphatic heterocycles. The first-order valence-corrected chi connectivity index (χ1v) is 20.8. The topological polar surface area (TPSA) is 125 Å². The summed E-state index contributed by atoms with van der Waals surface area (Å²) in [5.41, 5.74) is 2.16. The summed E-state index contributed by atoms with van der Waals surface area (Å²) in [6.07, 6.45) is 29.8. The lowest BCUT2D eigenvalue weighted by Gasteiger charge is -2.45. The zero-order valence-corrected chi connectivity index (χ0v) is 35.5. The van der Waals surface area contributed by atoms with Gasteiger partial charge in [0.05, 0.1) is 16.9 Å². The first kappa shape index (κ1) is 41.9. The number of allylic oxidation sites excluding steroid dienone is 10. The first-order chi connectivity index (χ1) is 27.9. The van der Waals surface area contributed by atoms with Crippen LogP contribution in [0.4, 0.5) is 0 Å². The van der Waals surface area contributed by atoms with Gasteiger partial charge in [0.1, 0.15) is 35.9 Å². The van der Waals surface area contributed by atoms with Crippen LogP contribution in [0.5, 0.6) is 0 Å². The van der Waals surface area contributed by atoms with Crippen LogP contribution in [0, 0.1) is 22.7 Å². The van der Waals surface area contributed by atoms with Crippen molar-refractivity contribution in [2.24, 2.45) is 22.7 Å². The van der Waals surface area contributed by atoms with E-state index < -0.39 is 40.1 Å². The minimum atomic E-state index is -1.30. The first-order valence-electron chi connectivity index (χ1n) is 20.8. The molecule has 10 aliphatic rings. The summed E-state index contributed by atoms with van der Waals surface area (Å²) >= 11 is 0. The van der Waals surface area contributed by atoms with Gasteiger partial charge in [-0.05, 0) is 102 Å². The summed E-state index contributed by atoms with van der Waals surface area (Å²) in [7, 11) is 0. The summed E-state index contributed by atoms with van der Waals surface area (Å²) < 4.78 is 23.5. The van der Waals surface area contributed by atoms with Crippen molar-refractivity contribution in [3.05, 3.63) is 141 Å². The van der Waals surface area contributed by atoms with Crippen LogP contribution in [0.15, 0.2) is 141 Å². The summed E-state index contributed by atoms with van der Waals surface area (Å²) in [5, 5.41) is 10.3. The molecule has 7 atom stereocenters. The molecule has 2 saturated heterocycles. The van der Waals surface area contributed by atoms with E-state index in [-0.39, 0.29) is 46.9 Å². The minimum absolute atomic E-state index is 0.0197. The molecule has 0 aromatic rings. The molecule has 9 heteroatoms. The molecule has 2 spiro atoms. The van der Waals surface area contributed by atoms with Gasteiger partial charge in [0.25, 0.3) is 0 Å². The standard InChI is InChI=1S/C25H28O5.C25H28O4/c1-15-6-5-7-19(26)10-18-8-9-20(29-14-18)21-22(27)25(30-23(21)28)13-17(3)16(2)12-24(25,4)11-15;1-16-8-6-5-7-9-19-10-11-20(28-15-19)21-22(26)25(29-23(21)27)14-18(3)17(2)13-24(25,4)12-16/h5-6,8-12,17,19,26H,7,13-14H2,1-4H3;6,8-13,18H,5,7,14-15H2,1-4H3/b6-5+,15-11+,18-10-,21-20+;8-6+,16-12+,19-9-,21-20+/t17-,19+,24-,25+;18-,24-,25+/m00/s1. The van der Waals surface area contributed by atoms with Gasteiger partial charge in [-0.2, -0.15) is 0 Å². The molecule has 10 rings (SSSR count). The number of fused-ring (bicyclic) bond motifs is 10. The van der Waals surface area contributed by atoms with Crippen molar-refractivity contribution in [1.29, 1.82) is 0 Å². The number of carbonyl (C=O) groups excluding carboxylic acids is 4. The Balaban J connectivity index is 0.000000179. The van der Waals surface area contributed by atoms with Crippen molar-refractivity contribution in [2.45, 2.75) is 105 Å². The average molecular weight is 801 g/mol. The SMILES string of the molecule is CC1=C[C@]2(C)/C=C(C)/C=C/CC/C=C3C=C/C(=C4\C(=O)O[C@]2(C[C@@H]1C)C4=O)OC/3.CC1=C[C@]2(C)/C=C(C)/C=C/C[C@@H](O)/C=C3C=C/C(=C4\C(=O)O[C@]2(C[C@@H]1C)C4=O)OC/3. The number of aliphatic hydroxyl groups is 1. The van der Waals surface area contributed by atoms with E-state index in [0.717, 1.165) is 40.7 Å². The largest absolute Gasteiger partial charge is 0.488 e. The van der Waals surface area contributed by atoms with Gasteiger partial charge in [-0.25, -0.2) is 9.59 Å². The van der Waals surface area contributed by atoms with Crippen molar-refractivity contribution >= 4 is 23.5 Å². The molecule has 1 N–H and O–H groups in total. The van der Waals surface area contributed by atoms with Crippen molar-refractivity contribution in [3.8, 4) is 0 Å². The van der Waals surface area contributed by atoms with Crippen LogP contribution in [0.1, 0.15) is 87.5 Å². The average Bonchev–Trinajstić information content (AvgIpc) is 3.57. The fourth-order valence-electron chi connectivity index (χ4n) is 9.71. The third kappa shape index (κ3) is 7.47. The van der Waals surface area contributed by atoms with Gasteiger partial charge < -0.3 is 24.1 Å². The van der Waals surface area contributed by atoms with Crippen LogP contribution in [0.25, 0.3) is 0 Å². The Morgan fingerprint density at radius 2 is 1.08 bits per heavy atom. The molecule has 0 radical (unpaired) electrons. The van der Waals surface area contributed by atoms with Crippen molar-refractivity contribution in [2.75, 3.05) is 13.2 Å². The van der Waals surface area contributed by atoms with E-state index in [1.54, 1.807) is 24.3 Å². The van der Waals surface area contributed by atoms with Crippen molar-refractivity contribution in [3.63, 3.8) is 0 Å². The van der Waals surface area contributed by atoms with Crippen LogP contribution >= 0.6 is 0 Å². The zero-order valence-electron chi connectivity index (χ0n) is 35.5. The van der Waals surface area contributed by atoms with Gasteiger partial charge in [-0.1, -0.05) is 103 Å². The Morgan fingerprint density at radius 3 is 1.56 bits per heavy atom. The molecule has 9 nitrogen and oxygen atoms in total. The van der Waals surface area contributed by atoms with Gasteiger partial charge in [0, 0.05) is 12.8 Å². The number of carbonyl (C=O) groups is 4. The van der Waals surface area contributed by atoms with Gasteiger partial charge >= 0.3 is 11.9 Å². The molecule has 2 fully saturated rings. The third-order valence-electron chi connectivity index (χ3n) is 13.2. The zero-order chi connectivity index (χ0) is 42.5. The summed E-state index contributed by atoms with van der Waals surface area (Å²) in [6, 6.07) is 0. The number of aliphatic hydroxyl groups excluding tert-OH is 1. The van der Waals surface area contributed by atoms with Gasteiger partial charge in [-0.3, -0.25) is 9.59 Å². The Kier molecular flexibility index (Phi) is 11.2. The monoisotopic (exact) mass is 800 g/mol. The van der Waals surface area contributed by atoms with E-state index in [0.29, 0.717) is 31.6 Å². The van der Waals surface area contributed by atoms with Crippen molar-refractivity contribution in [1.82, 2.24) is 0 Å². The van der Waals surface area contributed by atoms with Crippen LogP contribution in [-0.2, 0) is 38.1 Å². The number of ether oxygens (including phenoxy) is 4. The summed E-state index contributed by atoms with van der Waals surface area (Å²) in [5.74, 6) is -0.983. The van der Waals surface area contributed by atoms with Crippen LogP contribution < -0.4 is 0 Å². The highest BCUT2D eigenvalue weighted by molar-refractivity contribution is 6.27. The number of Topliss-reactive ketones (excluding diaryl/α,β-unsaturated/α-hetero) is 2. The number of rotatable bonds is 0. The Bertz CT molecular complexity index is 2260. The van der Waals surface area contributed by atoms with Gasteiger partial charge in [-0.15, -0.1) is 0 Å². The molecular weight excluding hydrogens is 745 g/mol. The van der Waals surface area contributed by atoms with E-state index in [2.05, 4.69) is 57.2 Å². The quantitative estimate of drug-likeness (QED) is 0.145. The number of hydrogen-bond acceptors (Lipinski definition) is 9. The van der Waals surface area contributed by atoms with Crippen LogP contribution in [0.3, 0.4) is 0 Å². The molecule has 8 bridgehead atoms. The predicted molar refractivity (Wildman–Crippen MR) is 225 cm³/mol. The highest BCUT2D eigenvalue weighted by atomic mass is 16.6. The molecule has 6 heterocycles. The molecule has 310 valence electrons. The Hall–Kier alpha value is -5.28. The van der Waals surface area contributed by atoms with E-state index in [1.807, 2.05) is 58.9 Å². The van der Waals surface area contributed by atoms with Crippen LogP contribution in [0.2, 0.25) is 0 Å². The molecule has 59 heavy (non-hydrogen) atoms. The second kappa shape index (κ2) is 15.7. The van der Waals surface area contributed by atoms with Gasteiger partial charge in [0.2, 0.25) is 11.6 Å². The minimum Gasteiger partial charge on any atom is -0.488 e. The Labute approximate surface area is 347 Å². The highest BCUT2D eigenvalue weighted by Gasteiger charge is 2.65. The third-order valence-corrected chi connectivity index (χ3v) is 13.2. The summed E-state index contributed by atoms with van der Waals surface area (Å²) in [6.45, 7) is 16.7. The fourth-order valence-corrected chi connectivity index (χ4v) is 9.71. The second-order valence-electron chi connectivity index (χ2n) is 17.8. The smallest absolute Gasteiger partial charge is 0.346 e. The maximum Gasteiger partial charge on any atom is 0.346 e. The van der Waals surface area contributed by atoms with Gasteiger partial charge in [0.15, 0.2) is 11.2 Å². The normalized spacial score (nSPS) is 42.4. The maximum atomic E-state index is 13.8. The summed E-state index contributed by atoms with van der Waals surface area (Å²) in [4.78, 5) is 53.4. The number of hydrogen-bond donors (Lipinski definition) is 1. The van der Waals surface area contributed by atoms with E-state index >= 15 is 0 Å². The van der Waals surface area contributed by atoms with Crippen LogP contribution in [-0.4, -0.2) is 59.1 Å². The Morgan fingerprint density at radius 1 is 0.610 bits per heavy atom. The number of esters is 2. The number of ketones is 2. The lowest BCUT2D eigenvalue weighted by Crippen LogP contribution is -2.53. The predicted octanol–water partition coefficient (Wildman–Crippen LogP) is 8.78. The second-order valence-corrected chi connectivity index (χ2v) is 17.8. The molecule has 0 aromatic carbocycles. The highest BCUT2D eigenvalue weighted by Crippen LogP contribution is 2.55. The van der Waals surface area contributed by atoms with E-state index in [4.69, 9.17) is 18.9 Å². The molecule has 0 amide bonds. The lowest BCUT2D eigenvalue weighted by molar-refractivity contribution is -0.162. The molecule has 0 saturated carbocycles. The van der Waals surface area contributed by atoms with Crippen molar-refractivity contribution < 1.29 is 43.2 Å². The van der Waals surface area contributed by atoms with E-state index in [9.17, 15) is 24.3 Å². The van der Waals surface area contributed by atoms with E-state index in [1.165, 1.54) is 5.57 Å². The lowest BCUT2D eigenvalue weighted by atomic mass is 9.61. The molecule has 4 aliphatic carbocycles. The fraction of sp³-hybridized carbons (Fsp3) is 0.440. The molecule has 0 aromatic heterocycles. The molecule has 0 unspecified atom stereocenters. The molecular formula is C50H56O9. The maximum absolute atomic E-state index is 13.8.